The molecule has 0 saturated carbocycles. The number of benzene rings is 1. The second kappa shape index (κ2) is 6.79. The van der Waals surface area contributed by atoms with E-state index in [4.69, 9.17) is 4.74 Å². The first-order valence-corrected chi connectivity index (χ1v) is 6.75. The number of Topliss-reactive ketones (excluding diaryl/α,β-unsaturated/α-hetero) is 1. The van der Waals surface area contributed by atoms with Gasteiger partial charge in [-0.2, -0.15) is 0 Å². The van der Waals surface area contributed by atoms with Gasteiger partial charge in [-0.05, 0) is 41.1 Å². The van der Waals surface area contributed by atoms with Crippen LogP contribution >= 0.6 is 0 Å². The van der Waals surface area contributed by atoms with Gasteiger partial charge in [0.15, 0.2) is 11.6 Å². The number of carbonyl (C=O) groups is 1. The van der Waals surface area contributed by atoms with Crippen molar-refractivity contribution in [3.05, 3.63) is 35.7 Å². The van der Waals surface area contributed by atoms with Crippen molar-refractivity contribution in [3.63, 3.8) is 0 Å². The quantitative estimate of drug-likeness (QED) is 0.724. The van der Waals surface area contributed by atoms with Crippen molar-refractivity contribution >= 4 is 5.78 Å². The number of hydrogen-bond acceptors (Lipinski definition) is 5. The minimum Gasteiger partial charge on any atom is -0.486 e. The molecule has 2 aromatic rings. The third-order valence-corrected chi connectivity index (χ3v) is 2.91. The molecule has 0 saturated heterocycles. The van der Waals surface area contributed by atoms with Crippen molar-refractivity contribution in [1.82, 2.24) is 20.2 Å². The first-order valence-electron chi connectivity index (χ1n) is 6.75. The number of aromatic nitrogens is 4. The molecule has 1 aromatic heterocycles. The van der Waals surface area contributed by atoms with Crippen LogP contribution in [-0.2, 0) is 13.2 Å². The smallest absolute Gasteiger partial charge is 0.189 e. The van der Waals surface area contributed by atoms with Gasteiger partial charge in [0.25, 0.3) is 0 Å². The van der Waals surface area contributed by atoms with Crippen LogP contribution in [0.1, 0.15) is 42.9 Å². The number of ketones is 1. The summed E-state index contributed by atoms with van der Waals surface area (Å²) in [4.78, 5) is 11.5. The van der Waals surface area contributed by atoms with Gasteiger partial charge in [-0.1, -0.05) is 13.8 Å². The van der Waals surface area contributed by atoms with Crippen molar-refractivity contribution in [3.8, 4) is 5.75 Å². The van der Waals surface area contributed by atoms with Gasteiger partial charge in [0.1, 0.15) is 12.4 Å². The van der Waals surface area contributed by atoms with Crippen molar-refractivity contribution in [2.45, 2.75) is 39.8 Å². The van der Waals surface area contributed by atoms with Gasteiger partial charge in [-0.15, -0.1) is 5.10 Å². The molecule has 20 heavy (non-hydrogen) atoms. The highest BCUT2D eigenvalue weighted by Gasteiger charge is 2.07. The number of carbonyl (C=O) groups excluding carboxylic acids is 1. The largest absolute Gasteiger partial charge is 0.486 e. The Balaban J connectivity index is 1.97. The summed E-state index contributed by atoms with van der Waals surface area (Å²) in [5, 5.41) is 11.5. The van der Waals surface area contributed by atoms with Crippen LogP contribution in [0.25, 0.3) is 0 Å². The molecule has 1 heterocycles. The molecular weight excluding hydrogens is 256 g/mol. The Hall–Kier alpha value is -2.24. The van der Waals surface area contributed by atoms with E-state index in [1.165, 1.54) is 0 Å². The predicted molar refractivity (Wildman–Crippen MR) is 73.5 cm³/mol. The highest BCUT2D eigenvalue weighted by molar-refractivity contribution is 5.95. The van der Waals surface area contributed by atoms with Crippen LogP contribution in [-0.4, -0.2) is 26.0 Å². The molecule has 0 spiro atoms. The number of tetrazole rings is 1. The lowest BCUT2D eigenvalue weighted by Crippen LogP contribution is -2.08. The molecule has 0 aliphatic heterocycles. The Morgan fingerprint density at radius 3 is 2.65 bits per heavy atom. The van der Waals surface area contributed by atoms with Gasteiger partial charge >= 0.3 is 0 Å². The van der Waals surface area contributed by atoms with Crippen molar-refractivity contribution in [2.75, 3.05) is 0 Å². The van der Waals surface area contributed by atoms with Crippen molar-refractivity contribution in [1.29, 1.82) is 0 Å². The highest BCUT2D eigenvalue weighted by Crippen LogP contribution is 2.14. The Kier molecular flexibility index (Phi) is 4.81. The lowest BCUT2D eigenvalue weighted by Gasteiger charge is -2.06. The normalized spacial score (nSPS) is 10.5. The van der Waals surface area contributed by atoms with Gasteiger partial charge in [-0.25, -0.2) is 4.68 Å². The summed E-state index contributed by atoms with van der Waals surface area (Å²) in [5.74, 6) is 1.52. The fourth-order valence-electron chi connectivity index (χ4n) is 1.80. The van der Waals surface area contributed by atoms with E-state index in [-0.39, 0.29) is 5.78 Å². The lowest BCUT2D eigenvalue weighted by molar-refractivity contribution is 0.0988. The molecule has 6 nitrogen and oxygen atoms in total. The molecule has 0 aliphatic carbocycles. The van der Waals surface area contributed by atoms with Crippen LogP contribution in [0.3, 0.4) is 0 Å². The third kappa shape index (κ3) is 3.40. The zero-order valence-corrected chi connectivity index (χ0v) is 11.7. The fourth-order valence-corrected chi connectivity index (χ4v) is 1.80. The van der Waals surface area contributed by atoms with Crippen molar-refractivity contribution < 1.29 is 9.53 Å². The van der Waals surface area contributed by atoms with Gasteiger partial charge in [0, 0.05) is 18.5 Å². The average molecular weight is 274 g/mol. The number of hydrogen-bond donors (Lipinski definition) is 0. The Morgan fingerprint density at radius 2 is 2.00 bits per heavy atom. The van der Waals surface area contributed by atoms with Gasteiger partial charge in [-0.3, -0.25) is 4.79 Å². The second-order valence-electron chi connectivity index (χ2n) is 4.41. The lowest BCUT2D eigenvalue weighted by atomic mass is 10.1. The van der Waals surface area contributed by atoms with Crippen LogP contribution in [0.4, 0.5) is 0 Å². The monoisotopic (exact) mass is 274 g/mol. The second-order valence-corrected chi connectivity index (χ2v) is 4.41. The summed E-state index contributed by atoms with van der Waals surface area (Å²) in [5.41, 5.74) is 0.704. The van der Waals surface area contributed by atoms with E-state index in [1.807, 2.05) is 6.92 Å². The van der Waals surface area contributed by atoms with Crippen LogP contribution in [0.5, 0.6) is 5.75 Å². The van der Waals surface area contributed by atoms with E-state index in [1.54, 1.807) is 28.9 Å². The SMILES string of the molecule is CCCn1nnnc1COc1ccc(C(=O)CC)cc1. The third-order valence-electron chi connectivity index (χ3n) is 2.91. The molecule has 0 unspecified atom stereocenters. The molecule has 6 heteroatoms. The van der Waals surface area contributed by atoms with E-state index in [0.717, 1.165) is 13.0 Å². The number of nitrogens with zero attached hydrogens (tertiary/aromatic N) is 4. The Labute approximate surface area is 117 Å². The van der Waals surface area contributed by atoms with E-state index in [0.29, 0.717) is 30.2 Å². The molecule has 0 fully saturated rings. The Bertz CT molecular complexity index is 563. The topological polar surface area (TPSA) is 69.9 Å². The fraction of sp³-hybridized carbons (Fsp3) is 0.429. The number of rotatable bonds is 7. The zero-order valence-electron chi connectivity index (χ0n) is 11.7. The predicted octanol–water partition coefficient (Wildman–Crippen LogP) is 2.25. The van der Waals surface area contributed by atoms with E-state index in [2.05, 4.69) is 22.4 Å². The van der Waals surface area contributed by atoms with E-state index in [9.17, 15) is 4.79 Å². The molecule has 0 bridgehead atoms. The standard InChI is InChI=1S/C14H18N4O2/c1-3-9-18-14(15-16-17-18)10-20-12-7-5-11(6-8-12)13(19)4-2/h5-8H,3-4,9-10H2,1-2H3. The van der Waals surface area contributed by atoms with Gasteiger partial charge in [0.2, 0.25) is 0 Å². The molecule has 0 radical (unpaired) electrons. The van der Waals surface area contributed by atoms with Gasteiger partial charge < -0.3 is 4.74 Å². The first kappa shape index (κ1) is 14.2. The minimum absolute atomic E-state index is 0.128. The summed E-state index contributed by atoms with van der Waals surface area (Å²) in [6, 6.07) is 7.13. The summed E-state index contributed by atoms with van der Waals surface area (Å²) in [6.45, 7) is 5.00. The Morgan fingerprint density at radius 1 is 1.25 bits per heavy atom. The minimum atomic E-state index is 0.128. The van der Waals surface area contributed by atoms with Crippen LogP contribution in [0, 0.1) is 0 Å². The summed E-state index contributed by atoms with van der Waals surface area (Å²) in [6.07, 6.45) is 1.47. The maximum atomic E-state index is 11.5. The maximum absolute atomic E-state index is 11.5. The van der Waals surface area contributed by atoms with Crippen LogP contribution in [0.2, 0.25) is 0 Å². The zero-order chi connectivity index (χ0) is 14.4. The summed E-state index contributed by atoms with van der Waals surface area (Å²) >= 11 is 0. The van der Waals surface area contributed by atoms with Crippen LogP contribution < -0.4 is 4.74 Å². The van der Waals surface area contributed by atoms with Crippen LogP contribution in [0.15, 0.2) is 24.3 Å². The number of aryl methyl sites for hydroxylation is 1. The molecule has 0 aliphatic rings. The molecular formula is C14H18N4O2. The van der Waals surface area contributed by atoms with Gasteiger partial charge in [0.05, 0.1) is 0 Å². The first-order chi connectivity index (χ1) is 9.74. The molecule has 0 N–H and O–H groups in total. The molecule has 2 rings (SSSR count). The molecule has 0 amide bonds. The maximum Gasteiger partial charge on any atom is 0.189 e. The summed E-state index contributed by atoms with van der Waals surface area (Å²) in [7, 11) is 0. The average Bonchev–Trinajstić information content (AvgIpc) is 2.92. The van der Waals surface area contributed by atoms with Crippen molar-refractivity contribution in [2.24, 2.45) is 0 Å². The highest BCUT2D eigenvalue weighted by atomic mass is 16.5. The van der Waals surface area contributed by atoms with E-state index >= 15 is 0 Å². The number of ether oxygens (including phenoxy) is 1. The van der Waals surface area contributed by atoms with E-state index < -0.39 is 0 Å². The summed E-state index contributed by atoms with van der Waals surface area (Å²) < 4.78 is 7.36. The molecule has 106 valence electrons. The molecule has 1 aromatic carbocycles. The molecule has 0 atom stereocenters.